The summed E-state index contributed by atoms with van der Waals surface area (Å²) in [7, 11) is 1.90. The lowest BCUT2D eigenvalue weighted by Gasteiger charge is -2.16. The Morgan fingerprint density at radius 1 is 1.53 bits per heavy atom. The number of halogens is 2. The standard InChI is InChI=1S/C10H12Br2N4S/c1-3-13-8(6-4-7(11)17-5-6)9-10(12)14-15-16(9)2/h4-5,8,13H,3H2,1-2H3. The summed E-state index contributed by atoms with van der Waals surface area (Å²) < 4.78 is 3.71. The van der Waals surface area contributed by atoms with Crippen LogP contribution in [-0.2, 0) is 7.05 Å². The summed E-state index contributed by atoms with van der Waals surface area (Å²) in [5.74, 6) is 0. The smallest absolute Gasteiger partial charge is 0.153 e. The summed E-state index contributed by atoms with van der Waals surface area (Å²) >= 11 is 8.62. The molecule has 0 aromatic carbocycles. The van der Waals surface area contributed by atoms with Crippen molar-refractivity contribution in [1.29, 1.82) is 0 Å². The highest BCUT2D eigenvalue weighted by Crippen LogP contribution is 2.31. The van der Waals surface area contributed by atoms with Crippen molar-refractivity contribution in [3.8, 4) is 0 Å². The first-order chi connectivity index (χ1) is 8.13. The molecule has 2 aromatic rings. The number of thiophene rings is 1. The van der Waals surface area contributed by atoms with Crippen molar-refractivity contribution < 1.29 is 0 Å². The fourth-order valence-corrected chi connectivity index (χ4v) is 3.45. The van der Waals surface area contributed by atoms with Crippen molar-refractivity contribution in [2.24, 2.45) is 7.05 Å². The molecule has 0 bridgehead atoms. The molecule has 2 rings (SSSR count). The molecule has 0 radical (unpaired) electrons. The summed E-state index contributed by atoms with van der Waals surface area (Å²) in [5, 5.41) is 13.6. The lowest BCUT2D eigenvalue weighted by molar-refractivity contribution is 0.568. The molecule has 1 unspecified atom stereocenters. The Labute approximate surface area is 121 Å². The van der Waals surface area contributed by atoms with Gasteiger partial charge in [0.25, 0.3) is 0 Å². The van der Waals surface area contributed by atoms with E-state index in [0.717, 1.165) is 20.6 Å². The van der Waals surface area contributed by atoms with E-state index in [-0.39, 0.29) is 6.04 Å². The number of aryl methyl sites for hydroxylation is 1. The zero-order chi connectivity index (χ0) is 12.4. The minimum atomic E-state index is 0.108. The molecule has 0 fully saturated rings. The molecule has 0 aliphatic rings. The maximum absolute atomic E-state index is 4.03. The van der Waals surface area contributed by atoms with Crippen molar-refractivity contribution in [3.63, 3.8) is 0 Å². The van der Waals surface area contributed by atoms with Gasteiger partial charge in [-0.15, -0.1) is 16.4 Å². The van der Waals surface area contributed by atoms with Gasteiger partial charge >= 0.3 is 0 Å². The van der Waals surface area contributed by atoms with Crippen molar-refractivity contribution in [1.82, 2.24) is 20.3 Å². The molecule has 0 saturated carbocycles. The lowest BCUT2D eigenvalue weighted by atomic mass is 10.1. The third-order valence-electron chi connectivity index (χ3n) is 2.43. The highest BCUT2D eigenvalue weighted by molar-refractivity contribution is 9.11. The topological polar surface area (TPSA) is 42.7 Å². The van der Waals surface area contributed by atoms with E-state index in [9.17, 15) is 0 Å². The Morgan fingerprint density at radius 2 is 2.29 bits per heavy atom. The molecule has 17 heavy (non-hydrogen) atoms. The number of nitrogens with zero attached hydrogens (tertiary/aromatic N) is 3. The lowest BCUT2D eigenvalue weighted by Crippen LogP contribution is -2.24. The molecule has 4 nitrogen and oxygen atoms in total. The van der Waals surface area contributed by atoms with Crippen LogP contribution in [0.2, 0.25) is 0 Å². The predicted octanol–water partition coefficient (Wildman–Crippen LogP) is 3.10. The molecule has 1 N–H and O–H groups in total. The van der Waals surface area contributed by atoms with E-state index >= 15 is 0 Å². The number of hydrogen-bond acceptors (Lipinski definition) is 4. The average Bonchev–Trinajstić information content (AvgIpc) is 2.84. The molecule has 0 aliphatic carbocycles. The van der Waals surface area contributed by atoms with Gasteiger partial charge in [0.1, 0.15) is 0 Å². The molecular weight excluding hydrogens is 368 g/mol. The predicted molar refractivity (Wildman–Crippen MR) is 76.2 cm³/mol. The van der Waals surface area contributed by atoms with Gasteiger partial charge in [0.15, 0.2) is 4.60 Å². The van der Waals surface area contributed by atoms with E-state index < -0.39 is 0 Å². The second-order valence-corrected chi connectivity index (χ2v) is 6.61. The summed E-state index contributed by atoms with van der Waals surface area (Å²) in [6.45, 7) is 2.97. The molecular formula is C10H12Br2N4S. The van der Waals surface area contributed by atoms with Gasteiger partial charge in [-0.05, 0) is 55.4 Å². The van der Waals surface area contributed by atoms with E-state index in [0.29, 0.717) is 0 Å². The van der Waals surface area contributed by atoms with Crippen molar-refractivity contribution in [2.45, 2.75) is 13.0 Å². The molecule has 2 aromatic heterocycles. The molecule has 7 heteroatoms. The largest absolute Gasteiger partial charge is 0.305 e. The van der Waals surface area contributed by atoms with E-state index in [1.165, 1.54) is 5.56 Å². The van der Waals surface area contributed by atoms with Gasteiger partial charge in [0.2, 0.25) is 0 Å². The Kier molecular flexibility index (Phi) is 4.35. The van der Waals surface area contributed by atoms with E-state index in [1.54, 1.807) is 16.0 Å². The summed E-state index contributed by atoms with van der Waals surface area (Å²) in [4.78, 5) is 0. The van der Waals surface area contributed by atoms with Crippen LogP contribution in [0.5, 0.6) is 0 Å². The maximum atomic E-state index is 4.03. The van der Waals surface area contributed by atoms with Crippen LogP contribution in [0.1, 0.15) is 24.2 Å². The fraction of sp³-hybridized carbons (Fsp3) is 0.400. The zero-order valence-electron chi connectivity index (χ0n) is 9.44. The van der Waals surface area contributed by atoms with E-state index in [2.05, 4.69) is 65.9 Å². The van der Waals surface area contributed by atoms with Gasteiger partial charge in [-0.2, -0.15) is 0 Å². The molecule has 0 saturated heterocycles. The van der Waals surface area contributed by atoms with Crippen LogP contribution in [0.15, 0.2) is 19.8 Å². The number of rotatable bonds is 4. The third kappa shape index (κ3) is 2.78. The Hall–Kier alpha value is -0.240. The van der Waals surface area contributed by atoms with E-state index in [4.69, 9.17) is 0 Å². The minimum absolute atomic E-state index is 0.108. The first kappa shape index (κ1) is 13.2. The monoisotopic (exact) mass is 378 g/mol. The third-order valence-corrected chi connectivity index (χ3v) is 4.52. The van der Waals surface area contributed by atoms with Crippen LogP contribution < -0.4 is 5.32 Å². The first-order valence-corrected chi connectivity index (χ1v) is 7.62. The van der Waals surface area contributed by atoms with Crippen LogP contribution in [0.25, 0.3) is 0 Å². The normalized spacial score (nSPS) is 12.9. The van der Waals surface area contributed by atoms with Gasteiger partial charge in [-0.25, -0.2) is 4.68 Å². The number of nitrogens with one attached hydrogen (secondary N) is 1. The van der Waals surface area contributed by atoms with Gasteiger partial charge in [0, 0.05) is 7.05 Å². The second-order valence-electron chi connectivity index (χ2n) is 3.56. The Bertz CT molecular complexity index is 489. The number of hydrogen-bond donors (Lipinski definition) is 1. The van der Waals surface area contributed by atoms with Crippen LogP contribution in [0, 0.1) is 0 Å². The van der Waals surface area contributed by atoms with Crippen LogP contribution >= 0.6 is 43.2 Å². The van der Waals surface area contributed by atoms with Gasteiger partial charge in [-0.3, -0.25) is 0 Å². The zero-order valence-corrected chi connectivity index (χ0v) is 13.4. The Balaban J connectivity index is 2.42. The molecule has 2 heterocycles. The average molecular weight is 380 g/mol. The summed E-state index contributed by atoms with van der Waals surface area (Å²) in [5.41, 5.74) is 2.26. The van der Waals surface area contributed by atoms with Crippen LogP contribution in [0.4, 0.5) is 0 Å². The first-order valence-electron chi connectivity index (χ1n) is 5.15. The van der Waals surface area contributed by atoms with Crippen molar-refractivity contribution >= 4 is 43.2 Å². The molecule has 92 valence electrons. The minimum Gasteiger partial charge on any atom is -0.305 e. The summed E-state index contributed by atoms with van der Waals surface area (Å²) in [6.07, 6.45) is 0. The van der Waals surface area contributed by atoms with Crippen LogP contribution in [-0.4, -0.2) is 21.5 Å². The number of aromatic nitrogens is 3. The van der Waals surface area contributed by atoms with E-state index in [1.807, 2.05) is 7.05 Å². The Morgan fingerprint density at radius 3 is 2.76 bits per heavy atom. The maximum Gasteiger partial charge on any atom is 0.153 e. The van der Waals surface area contributed by atoms with Crippen molar-refractivity contribution in [3.05, 3.63) is 31.1 Å². The van der Waals surface area contributed by atoms with Crippen molar-refractivity contribution in [2.75, 3.05) is 6.54 Å². The quantitative estimate of drug-likeness (QED) is 0.887. The highest BCUT2D eigenvalue weighted by Gasteiger charge is 2.21. The summed E-state index contributed by atoms with van der Waals surface area (Å²) in [6, 6.07) is 2.23. The second kappa shape index (κ2) is 5.60. The SMILES string of the molecule is CCNC(c1csc(Br)c1)c1c(Br)nnn1C. The molecule has 0 spiro atoms. The van der Waals surface area contributed by atoms with Gasteiger partial charge in [-0.1, -0.05) is 12.1 Å². The molecule has 1 atom stereocenters. The van der Waals surface area contributed by atoms with Crippen LogP contribution in [0.3, 0.4) is 0 Å². The fourth-order valence-electron chi connectivity index (χ4n) is 1.70. The molecule has 0 aliphatic heterocycles. The highest BCUT2D eigenvalue weighted by atomic mass is 79.9. The molecule has 0 amide bonds. The van der Waals surface area contributed by atoms with Gasteiger partial charge in [0.05, 0.1) is 15.5 Å². The van der Waals surface area contributed by atoms with Gasteiger partial charge < -0.3 is 5.32 Å².